The van der Waals surface area contributed by atoms with Crippen LogP contribution < -0.4 is 15.4 Å². The number of ketones is 1. The second-order valence-corrected chi connectivity index (χ2v) is 6.77. The number of benzene rings is 2. The predicted octanol–water partition coefficient (Wildman–Crippen LogP) is 2.56. The molecule has 1 atom stereocenters. The number of carbonyl (C=O) groups excluding carboxylic acids is 1. The first-order chi connectivity index (χ1) is 13.1. The highest BCUT2D eigenvalue weighted by atomic mass is 19.1. The molecule has 27 heavy (non-hydrogen) atoms. The molecular formula is C21H26FN3O2. The average Bonchev–Trinajstić information content (AvgIpc) is 2.71. The van der Waals surface area contributed by atoms with Gasteiger partial charge < -0.3 is 15.4 Å². The maximum atomic E-state index is 13.3. The Kier molecular flexibility index (Phi) is 6.42. The third kappa shape index (κ3) is 4.84. The average molecular weight is 371 g/mol. The molecule has 0 aromatic heterocycles. The third-order valence-electron chi connectivity index (χ3n) is 5.00. The standard InChI is InChI=1S/C21H26FN3O2/c1-27-20-8-3-2-7-19(20)25-13-11-24(12-14-25)10-9-18(23)21(26)16-5-4-6-17(22)15-16/h2-8,15,18H,9-14,23H2,1H3. The van der Waals surface area contributed by atoms with Crippen LogP contribution in [0.4, 0.5) is 10.1 Å². The molecule has 2 aromatic carbocycles. The van der Waals surface area contributed by atoms with Gasteiger partial charge in [-0.05, 0) is 30.7 Å². The van der Waals surface area contributed by atoms with Crippen molar-refractivity contribution in [3.63, 3.8) is 0 Å². The molecule has 1 unspecified atom stereocenters. The van der Waals surface area contributed by atoms with E-state index in [0.29, 0.717) is 12.0 Å². The molecule has 0 radical (unpaired) electrons. The van der Waals surface area contributed by atoms with E-state index in [-0.39, 0.29) is 5.78 Å². The van der Waals surface area contributed by atoms with Crippen LogP contribution in [0.5, 0.6) is 5.75 Å². The van der Waals surface area contributed by atoms with Crippen LogP contribution in [0, 0.1) is 5.82 Å². The van der Waals surface area contributed by atoms with Crippen LogP contribution in [0.1, 0.15) is 16.8 Å². The topological polar surface area (TPSA) is 58.8 Å². The highest BCUT2D eigenvalue weighted by molar-refractivity contribution is 5.99. The van der Waals surface area contributed by atoms with Gasteiger partial charge in [-0.15, -0.1) is 0 Å². The van der Waals surface area contributed by atoms with Crippen molar-refractivity contribution < 1.29 is 13.9 Å². The zero-order valence-electron chi connectivity index (χ0n) is 15.6. The first-order valence-corrected chi connectivity index (χ1v) is 9.24. The van der Waals surface area contributed by atoms with Crippen LogP contribution in [-0.2, 0) is 0 Å². The minimum Gasteiger partial charge on any atom is -0.495 e. The molecule has 1 fully saturated rings. The lowest BCUT2D eigenvalue weighted by molar-refractivity contribution is 0.0949. The molecule has 6 heteroatoms. The van der Waals surface area contributed by atoms with E-state index in [2.05, 4.69) is 15.9 Å². The first-order valence-electron chi connectivity index (χ1n) is 9.24. The lowest BCUT2D eigenvalue weighted by Crippen LogP contribution is -2.48. The van der Waals surface area contributed by atoms with Gasteiger partial charge >= 0.3 is 0 Å². The van der Waals surface area contributed by atoms with Gasteiger partial charge in [0.1, 0.15) is 11.6 Å². The van der Waals surface area contributed by atoms with Crippen LogP contribution in [0.15, 0.2) is 48.5 Å². The molecule has 0 amide bonds. The summed E-state index contributed by atoms with van der Waals surface area (Å²) in [6.45, 7) is 4.35. The van der Waals surface area contributed by atoms with Gasteiger partial charge in [0.2, 0.25) is 0 Å². The van der Waals surface area contributed by atoms with E-state index in [4.69, 9.17) is 10.5 Å². The van der Waals surface area contributed by atoms with Gasteiger partial charge in [0, 0.05) is 38.3 Å². The Labute approximate surface area is 159 Å². The summed E-state index contributed by atoms with van der Waals surface area (Å²) in [6, 6.07) is 13.1. The Balaban J connectivity index is 1.49. The van der Waals surface area contributed by atoms with Crippen molar-refractivity contribution in [3.05, 3.63) is 59.9 Å². The number of Topliss-reactive ketones (excluding diaryl/α,β-unsaturated/α-hetero) is 1. The van der Waals surface area contributed by atoms with Crippen molar-refractivity contribution in [3.8, 4) is 5.75 Å². The Morgan fingerprint density at radius 3 is 2.59 bits per heavy atom. The Hall–Kier alpha value is -2.44. The number of nitrogens with two attached hydrogens (primary N) is 1. The summed E-state index contributed by atoms with van der Waals surface area (Å²) in [4.78, 5) is 17.0. The fourth-order valence-corrected chi connectivity index (χ4v) is 3.41. The van der Waals surface area contributed by atoms with Gasteiger partial charge in [-0.1, -0.05) is 24.3 Å². The molecule has 1 saturated heterocycles. The molecule has 2 aromatic rings. The van der Waals surface area contributed by atoms with Gasteiger partial charge in [0.15, 0.2) is 5.78 Å². The van der Waals surface area contributed by atoms with Crippen LogP contribution in [-0.4, -0.2) is 56.6 Å². The third-order valence-corrected chi connectivity index (χ3v) is 5.00. The van der Waals surface area contributed by atoms with Crippen molar-refractivity contribution in [1.29, 1.82) is 0 Å². The van der Waals surface area contributed by atoms with E-state index in [1.165, 1.54) is 18.2 Å². The van der Waals surface area contributed by atoms with E-state index in [1.54, 1.807) is 13.2 Å². The number of rotatable bonds is 7. The zero-order chi connectivity index (χ0) is 19.2. The second-order valence-electron chi connectivity index (χ2n) is 6.77. The second kappa shape index (κ2) is 8.97. The van der Waals surface area contributed by atoms with Crippen LogP contribution in [0.25, 0.3) is 0 Å². The molecule has 0 aliphatic carbocycles. The van der Waals surface area contributed by atoms with E-state index in [9.17, 15) is 9.18 Å². The minimum atomic E-state index is -0.612. The van der Waals surface area contributed by atoms with Crippen molar-refractivity contribution in [1.82, 2.24) is 4.90 Å². The summed E-state index contributed by atoms with van der Waals surface area (Å²) in [7, 11) is 1.69. The number of carbonyl (C=O) groups is 1. The van der Waals surface area contributed by atoms with Gasteiger partial charge in [0.25, 0.3) is 0 Å². The molecule has 5 nitrogen and oxygen atoms in total. The summed E-state index contributed by atoms with van der Waals surface area (Å²) in [5.41, 5.74) is 7.49. The number of para-hydroxylation sites is 2. The summed E-state index contributed by atoms with van der Waals surface area (Å²) < 4.78 is 18.7. The predicted molar refractivity (Wildman–Crippen MR) is 105 cm³/mol. The van der Waals surface area contributed by atoms with E-state index < -0.39 is 11.9 Å². The Morgan fingerprint density at radius 2 is 1.89 bits per heavy atom. The zero-order valence-corrected chi connectivity index (χ0v) is 15.6. The van der Waals surface area contributed by atoms with Crippen molar-refractivity contribution in [2.45, 2.75) is 12.5 Å². The SMILES string of the molecule is COc1ccccc1N1CCN(CCC(N)C(=O)c2cccc(F)c2)CC1. The number of anilines is 1. The summed E-state index contributed by atoms with van der Waals surface area (Å²) >= 11 is 0. The fraction of sp³-hybridized carbons (Fsp3) is 0.381. The van der Waals surface area contributed by atoms with Gasteiger partial charge in [0.05, 0.1) is 18.8 Å². The van der Waals surface area contributed by atoms with E-state index >= 15 is 0 Å². The Bertz CT molecular complexity index is 776. The molecule has 1 aliphatic rings. The summed E-state index contributed by atoms with van der Waals surface area (Å²) in [5.74, 6) is 0.260. The fourth-order valence-electron chi connectivity index (χ4n) is 3.41. The molecule has 0 saturated carbocycles. The van der Waals surface area contributed by atoms with E-state index in [0.717, 1.165) is 44.2 Å². The molecule has 3 rings (SSSR count). The summed E-state index contributed by atoms with van der Waals surface area (Å²) in [6.07, 6.45) is 0.560. The molecule has 1 heterocycles. The van der Waals surface area contributed by atoms with Crippen LogP contribution in [0.2, 0.25) is 0 Å². The molecule has 1 aliphatic heterocycles. The first kappa shape index (κ1) is 19.3. The highest BCUT2D eigenvalue weighted by Gasteiger charge is 2.22. The largest absolute Gasteiger partial charge is 0.495 e. The monoisotopic (exact) mass is 371 g/mol. The number of hydrogen-bond acceptors (Lipinski definition) is 5. The maximum absolute atomic E-state index is 13.3. The molecule has 0 bridgehead atoms. The van der Waals surface area contributed by atoms with Gasteiger partial charge in [-0.2, -0.15) is 0 Å². The number of ether oxygens (including phenoxy) is 1. The van der Waals surface area contributed by atoms with Gasteiger partial charge in [-0.3, -0.25) is 9.69 Å². The van der Waals surface area contributed by atoms with Crippen molar-refractivity contribution in [2.24, 2.45) is 5.73 Å². The maximum Gasteiger partial charge on any atom is 0.179 e. The number of hydrogen-bond donors (Lipinski definition) is 1. The molecule has 2 N–H and O–H groups in total. The number of methoxy groups -OCH3 is 1. The van der Waals surface area contributed by atoms with Crippen molar-refractivity contribution in [2.75, 3.05) is 44.7 Å². The smallest absolute Gasteiger partial charge is 0.179 e. The van der Waals surface area contributed by atoms with E-state index in [1.807, 2.05) is 18.2 Å². The van der Waals surface area contributed by atoms with Gasteiger partial charge in [-0.25, -0.2) is 4.39 Å². The lowest BCUT2D eigenvalue weighted by atomic mass is 10.0. The molecule has 0 spiro atoms. The Morgan fingerprint density at radius 1 is 1.15 bits per heavy atom. The minimum absolute atomic E-state index is 0.206. The number of halogens is 1. The van der Waals surface area contributed by atoms with Crippen LogP contribution >= 0.6 is 0 Å². The van der Waals surface area contributed by atoms with Crippen molar-refractivity contribution >= 4 is 11.5 Å². The molecular weight excluding hydrogens is 345 g/mol. The lowest BCUT2D eigenvalue weighted by Gasteiger charge is -2.36. The number of piperazine rings is 1. The number of nitrogens with zero attached hydrogens (tertiary/aromatic N) is 2. The quantitative estimate of drug-likeness (QED) is 0.758. The van der Waals surface area contributed by atoms with Crippen LogP contribution in [0.3, 0.4) is 0 Å². The molecule has 144 valence electrons. The normalized spacial score (nSPS) is 16.2. The highest BCUT2D eigenvalue weighted by Crippen LogP contribution is 2.28. The summed E-state index contributed by atoms with van der Waals surface area (Å²) in [5, 5.41) is 0.